The Morgan fingerprint density at radius 1 is 1.04 bits per heavy atom. The third kappa shape index (κ3) is 4.61. The van der Waals surface area contributed by atoms with Crippen LogP contribution in [0.4, 0.5) is 0 Å². The Morgan fingerprint density at radius 2 is 1.87 bits per heavy atom. The normalized spacial score (nSPS) is 26.9. The Bertz CT molecular complexity index is 1920. The summed E-state index contributed by atoms with van der Waals surface area (Å²) in [5.74, 6) is 1.77. The largest absolute Gasteiger partial charge is 0.494 e. The summed E-state index contributed by atoms with van der Waals surface area (Å²) in [6.45, 7) is 1.72. The van der Waals surface area contributed by atoms with Gasteiger partial charge in [0, 0.05) is 55.6 Å². The minimum Gasteiger partial charge on any atom is -0.494 e. The van der Waals surface area contributed by atoms with Crippen molar-refractivity contribution in [2.24, 2.45) is 18.2 Å². The standard InChI is InChI=1S/C37H45N7O3/c1-41-33-27(16-23(18-31(33)47-2)36(46)44-24-10-12-28(44)25(38)19-24)40-35(41)29-17-22-9-11-26-30-20-37(13-14-37)21-43(30)32(45)8-6-4-3-5-7-15-42(29)34(22)39-26/h9,11,16-18,24-25,28,30H,3-8,10,12-15,19-21,38H2,1-2H3/t24-,25+,28+,30?/m0/s1. The van der Waals surface area contributed by atoms with E-state index < -0.39 is 0 Å². The smallest absolute Gasteiger partial charge is 0.254 e. The van der Waals surface area contributed by atoms with E-state index >= 15 is 0 Å². The third-order valence-electron chi connectivity index (χ3n) is 12.1. The van der Waals surface area contributed by atoms with Crippen molar-refractivity contribution in [2.75, 3.05) is 13.7 Å². The Balaban J connectivity index is 1.14. The predicted molar refractivity (Wildman–Crippen MR) is 180 cm³/mol. The zero-order valence-electron chi connectivity index (χ0n) is 27.6. The van der Waals surface area contributed by atoms with Crippen LogP contribution in [0.15, 0.2) is 30.3 Å². The van der Waals surface area contributed by atoms with E-state index in [2.05, 4.69) is 32.2 Å². The van der Waals surface area contributed by atoms with Crippen LogP contribution in [-0.2, 0) is 18.4 Å². The molecular weight excluding hydrogens is 590 g/mol. The van der Waals surface area contributed by atoms with E-state index in [1.165, 1.54) is 12.8 Å². The van der Waals surface area contributed by atoms with Crippen molar-refractivity contribution in [2.45, 2.75) is 108 Å². The third-order valence-corrected chi connectivity index (χ3v) is 12.1. The van der Waals surface area contributed by atoms with Crippen LogP contribution in [0.3, 0.4) is 0 Å². The van der Waals surface area contributed by atoms with Crippen molar-refractivity contribution in [1.29, 1.82) is 0 Å². The highest BCUT2D eigenvalue weighted by Crippen LogP contribution is 2.58. The highest BCUT2D eigenvalue weighted by Gasteiger charge is 2.54. The number of rotatable bonds is 3. The zero-order chi connectivity index (χ0) is 32.0. The summed E-state index contributed by atoms with van der Waals surface area (Å²) in [6.07, 6.45) is 12.3. The van der Waals surface area contributed by atoms with Gasteiger partial charge in [0.05, 0.1) is 30.1 Å². The van der Waals surface area contributed by atoms with E-state index in [-0.39, 0.29) is 30.1 Å². The fourth-order valence-electron chi connectivity index (χ4n) is 9.40. The molecular formula is C37H45N7O3. The number of aromatic nitrogens is 4. The van der Waals surface area contributed by atoms with Gasteiger partial charge >= 0.3 is 0 Å². The van der Waals surface area contributed by atoms with Crippen LogP contribution in [0, 0.1) is 5.41 Å². The number of imidazole rings is 1. The average molecular weight is 636 g/mol. The number of amides is 2. The molecule has 1 unspecified atom stereocenters. The van der Waals surface area contributed by atoms with E-state index in [1.54, 1.807) is 7.11 Å². The SMILES string of the molecule is COc1cc(C(=O)N2[C@H]3CC[C@@H]2[C@H](N)C3)cc2nc(-c3cc4ccc5nc4n3CCCCCCCC(=O)N3CC4(CC4)CC53)n(C)c12. The summed E-state index contributed by atoms with van der Waals surface area (Å²) >= 11 is 0. The number of fused-ring (bicyclic) bond motifs is 6. The zero-order valence-corrected chi connectivity index (χ0v) is 27.6. The van der Waals surface area contributed by atoms with Gasteiger partial charge in [-0.05, 0) is 87.1 Å². The molecule has 5 aliphatic rings. The number of hydrogen-bond acceptors (Lipinski definition) is 6. The first-order valence-corrected chi connectivity index (χ1v) is 17.8. The van der Waals surface area contributed by atoms with Gasteiger partial charge in [-0.1, -0.05) is 19.3 Å². The van der Waals surface area contributed by atoms with Crippen molar-refractivity contribution >= 4 is 33.9 Å². The van der Waals surface area contributed by atoms with Crippen LogP contribution in [0.25, 0.3) is 33.6 Å². The molecule has 10 nitrogen and oxygen atoms in total. The van der Waals surface area contributed by atoms with Gasteiger partial charge in [-0.3, -0.25) is 9.59 Å². The number of nitrogens with two attached hydrogens (primary N) is 1. The van der Waals surface area contributed by atoms with Crippen molar-refractivity contribution in [3.05, 3.63) is 41.6 Å². The van der Waals surface area contributed by atoms with E-state index in [4.69, 9.17) is 20.4 Å². The topological polar surface area (TPSA) is 112 Å². The van der Waals surface area contributed by atoms with Crippen LogP contribution in [0.1, 0.15) is 99.1 Å². The quantitative estimate of drug-likeness (QED) is 0.309. The minimum atomic E-state index is 0.0178. The molecule has 4 aromatic rings. The van der Waals surface area contributed by atoms with Gasteiger partial charge in [0.2, 0.25) is 5.91 Å². The summed E-state index contributed by atoms with van der Waals surface area (Å²) in [5.41, 5.74) is 11.8. The molecule has 4 aliphatic heterocycles. The first-order chi connectivity index (χ1) is 22.8. The lowest BCUT2D eigenvalue weighted by atomic mass is 9.97. The van der Waals surface area contributed by atoms with E-state index in [0.717, 1.165) is 110 Å². The second-order valence-electron chi connectivity index (χ2n) is 15.0. The summed E-state index contributed by atoms with van der Waals surface area (Å²) < 4.78 is 10.3. The Labute approximate surface area is 275 Å². The minimum absolute atomic E-state index is 0.0178. The number of methoxy groups -OCH3 is 1. The van der Waals surface area contributed by atoms with Crippen LogP contribution >= 0.6 is 0 Å². The summed E-state index contributed by atoms with van der Waals surface area (Å²) in [5, 5.41) is 1.07. The molecule has 4 bridgehead atoms. The van der Waals surface area contributed by atoms with Crippen molar-refractivity contribution < 1.29 is 14.3 Å². The van der Waals surface area contributed by atoms with E-state index in [1.807, 2.05) is 24.1 Å². The number of carbonyl (C=O) groups is 2. The number of carbonyl (C=O) groups excluding carboxylic acids is 2. The Kier molecular flexibility index (Phi) is 6.72. The molecule has 9 rings (SSSR count). The first-order valence-electron chi connectivity index (χ1n) is 17.8. The lowest BCUT2D eigenvalue weighted by Gasteiger charge is -2.25. The number of aryl methyl sites for hydroxylation is 2. The van der Waals surface area contributed by atoms with Crippen LogP contribution < -0.4 is 10.5 Å². The summed E-state index contributed by atoms with van der Waals surface area (Å²) in [7, 11) is 3.68. The van der Waals surface area contributed by atoms with Gasteiger partial charge in [0.25, 0.3) is 5.91 Å². The molecule has 1 aliphatic carbocycles. The van der Waals surface area contributed by atoms with Gasteiger partial charge in [0.1, 0.15) is 16.9 Å². The average Bonchev–Trinajstić information content (AvgIpc) is 3.46. The lowest BCUT2D eigenvalue weighted by molar-refractivity contribution is -0.132. The van der Waals surface area contributed by atoms with Crippen LogP contribution in [0.5, 0.6) is 5.75 Å². The number of benzene rings is 1. The second kappa shape index (κ2) is 10.8. The maximum atomic E-state index is 13.9. The monoisotopic (exact) mass is 635 g/mol. The molecule has 1 saturated carbocycles. The molecule has 246 valence electrons. The molecule has 1 aromatic carbocycles. The van der Waals surface area contributed by atoms with Gasteiger partial charge in [0.15, 0.2) is 5.82 Å². The fraction of sp³-hybridized carbons (Fsp3) is 0.568. The summed E-state index contributed by atoms with van der Waals surface area (Å²) in [4.78, 5) is 42.0. The Morgan fingerprint density at radius 3 is 2.64 bits per heavy atom. The molecule has 3 saturated heterocycles. The fourth-order valence-corrected chi connectivity index (χ4v) is 9.40. The molecule has 4 atom stereocenters. The van der Waals surface area contributed by atoms with Crippen LogP contribution in [-0.4, -0.2) is 72.5 Å². The molecule has 1 spiro atoms. The van der Waals surface area contributed by atoms with Crippen LogP contribution in [0.2, 0.25) is 0 Å². The van der Waals surface area contributed by atoms with Gasteiger partial charge in [-0.2, -0.15) is 0 Å². The van der Waals surface area contributed by atoms with Crippen molar-refractivity contribution in [1.82, 2.24) is 28.9 Å². The van der Waals surface area contributed by atoms with Gasteiger partial charge in [-0.15, -0.1) is 0 Å². The molecule has 4 fully saturated rings. The highest BCUT2D eigenvalue weighted by atomic mass is 16.5. The van der Waals surface area contributed by atoms with Crippen molar-refractivity contribution in [3.8, 4) is 17.3 Å². The summed E-state index contributed by atoms with van der Waals surface area (Å²) in [6, 6.07) is 10.7. The van der Waals surface area contributed by atoms with Crippen molar-refractivity contribution in [3.63, 3.8) is 0 Å². The molecule has 2 N–H and O–H groups in total. The van der Waals surface area contributed by atoms with Gasteiger partial charge < -0.3 is 29.4 Å². The molecule has 7 heterocycles. The van der Waals surface area contributed by atoms with E-state index in [0.29, 0.717) is 29.1 Å². The van der Waals surface area contributed by atoms with Gasteiger partial charge in [-0.25, -0.2) is 9.97 Å². The molecule has 10 heteroatoms. The second-order valence-corrected chi connectivity index (χ2v) is 15.0. The molecule has 2 amide bonds. The molecule has 3 aromatic heterocycles. The first kappa shape index (κ1) is 29.2. The maximum Gasteiger partial charge on any atom is 0.254 e. The lowest BCUT2D eigenvalue weighted by Crippen LogP contribution is -2.40. The maximum absolute atomic E-state index is 13.9. The predicted octanol–water partition coefficient (Wildman–Crippen LogP) is 5.71. The molecule has 47 heavy (non-hydrogen) atoms. The number of nitrogens with zero attached hydrogens (tertiary/aromatic N) is 6. The number of ether oxygens (including phenoxy) is 1. The number of pyridine rings is 1. The number of hydrogen-bond donors (Lipinski definition) is 1. The molecule has 0 radical (unpaired) electrons. The highest BCUT2D eigenvalue weighted by molar-refractivity contribution is 6.00. The van der Waals surface area contributed by atoms with E-state index in [9.17, 15) is 9.59 Å². The Hall–Kier alpha value is -3.92.